The average molecular weight is 781 g/mol. The first-order chi connectivity index (χ1) is 30.1. The molecule has 0 N–H and O–H groups in total. The molecule has 0 fully saturated rings. The summed E-state index contributed by atoms with van der Waals surface area (Å²) < 4.78 is 4.84. The molecule has 2 nitrogen and oxygen atoms in total. The molecule has 11 aromatic rings. The number of aryl methyl sites for hydroxylation is 2. The van der Waals surface area contributed by atoms with E-state index >= 15 is 0 Å². The maximum atomic E-state index is 2.47. The van der Waals surface area contributed by atoms with E-state index in [4.69, 9.17) is 0 Å². The number of nitrogens with zero attached hydrogens (tertiary/aromatic N) is 2. The van der Waals surface area contributed by atoms with Gasteiger partial charge < -0.3 is 9.13 Å². The van der Waals surface area contributed by atoms with E-state index < -0.39 is 5.41 Å². The van der Waals surface area contributed by atoms with Gasteiger partial charge >= 0.3 is 0 Å². The molecule has 0 spiro atoms. The number of aromatic nitrogens is 2. The molecule has 2 heteroatoms. The lowest BCUT2D eigenvalue weighted by atomic mass is 9.67. The predicted molar refractivity (Wildman–Crippen MR) is 261 cm³/mol. The summed E-state index contributed by atoms with van der Waals surface area (Å²) in [6, 6.07) is 68.1. The molecule has 0 amide bonds. The van der Waals surface area contributed by atoms with Gasteiger partial charge in [-0.2, -0.15) is 0 Å². The molecule has 0 bridgehead atoms. The van der Waals surface area contributed by atoms with Crippen molar-refractivity contribution in [2.75, 3.05) is 0 Å². The SMILES string of the molecule is CCn1c2ccccc2c2cc(/C=C/c3cc4c5c(ccc6cc(/C=C/c7ccc8c(c7)c7ccccc7n8CC)cc(c65)C4(c4ccccc4)c4ccccc4)c3)ccc21. The molecule has 1 aliphatic carbocycles. The number of fused-ring (bicyclic) bond motifs is 6. The Labute approximate surface area is 355 Å². The normalized spacial score (nSPS) is 13.5. The van der Waals surface area contributed by atoms with Crippen LogP contribution in [0.4, 0.5) is 0 Å². The Morgan fingerprint density at radius 3 is 1.20 bits per heavy atom. The smallest absolute Gasteiger partial charge is 0.0714 e. The average Bonchev–Trinajstić information content (AvgIpc) is 3.93. The summed E-state index contributed by atoms with van der Waals surface area (Å²) in [4.78, 5) is 0. The number of para-hydroxylation sites is 2. The zero-order valence-corrected chi connectivity index (χ0v) is 34.4. The lowest BCUT2D eigenvalue weighted by Gasteiger charge is -2.34. The summed E-state index contributed by atoms with van der Waals surface area (Å²) in [6.07, 6.45) is 9.21. The quantitative estimate of drug-likeness (QED) is 0.107. The Morgan fingerprint density at radius 1 is 0.361 bits per heavy atom. The first kappa shape index (κ1) is 35.5. The van der Waals surface area contributed by atoms with Crippen LogP contribution >= 0.6 is 0 Å². The van der Waals surface area contributed by atoms with Gasteiger partial charge in [0.2, 0.25) is 0 Å². The standard InChI is InChI=1S/C59H44N2/c1-3-60-53-21-13-11-19-47(53)49-35-39(27-31-55(49)60)23-25-41-33-43-29-30-44-34-42(26-24-40-28-32-56-50(36-40)48-20-12-14-22-54(48)61(56)4-2)38-52-58(44)57(43)51(37-41)59(52,45-15-7-5-8-16-45)46-17-9-6-10-18-46/h5-38H,3-4H2,1-2H3/b25-23+,26-24+. The molecule has 0 saturated carbocycles. The van der Waals surface area contributed by atoms with E-state index in [2.05, 4.69) is 229 Å². The van der Waals surface area contributed by atoms with Gasteiger partial charge in [-0.3, -0.25) is 0 Å². The molecule has 0 unspecified atom stereocenters. The van der Waals surface area contributed by atoms with Crippen molar-refractivity contribution in [3.8, 4) is 0 Å². The highest BCUT2D eigenvalue weighted by atomic mass is 15.0. The minimum Gasteiger partial charge on any atom is -0.341 e. The van der Waals surface area contributed by atoms with Gasteiger partial charge in [0.25, 0.3) is 0 Å². The monoisotopic (exact) mass is 780 g/mol. The summed E-state index contributed by atoms with van der Waals surface area (Å²) >= 11 is 0. The van der Waals surface area contributed by atoms with E-state index in [-0.39, 0.29) is 0 Å². The molecule has 0 saturated heterocycles. The Morgan fingerprint density at radius 2 is 0.754 bits per heavy atom. The fraction of sp³-hybridized carbons (Fsp3) is 0.0847. The second kappa shape index (κ2) is 13.8. The van der Waals surface area contributed by atoms with Gasteiger partial charge in [0.15, 0.2) is 0 Å². The summed E-state index contributed by atoms with van der Waals surface area (Å²) in [5.74, 6) is 0. The Kier molecular flexibility index (Phi) is 8.05. The molecule has 2 heterocycles. The summed E-state index contributed by atoms with van der Waals surface area (Å²) in [5.41, 5.74) is 14.7. The Bertz CT molecular complexity index is 3360. The zero-order chi connectivity index (χ0) is 40.7. The third-order valence-electron chi connectivity index (χ3n) is 13.5. The highest BCUT2D eigenvalue weighted by molar-refractivity contribution is 6.17. The Balaban J connectivity index is 1.03. The van der Waals surface area contributed by atoms with E-state index in [1.165, 1.54) is 110 Å². The molecule has 290 valence electrons. The molecule has 0 aliphatic heterocycles. The minimum absolute atomic E-state index is 0.516. The third-order valence-corrected chi connectivity index (χ3v) is 13.5. The summed E-state index contributed by atoms with van der Waals surface area (Å²) in [5, 5.41) is 10.4. The van der Waals surface area contributed by atoms with E-state index in [9.17, 15) is 0 Å². The van der Waals surface area contributed by atoms with Crippen molar-refractivity contribution in [1.82, 2.24) is 9.13 Å². The van der Waals surface area contributed by atoms with Crippen LogP contribution in [-0.2, 0) is 18.5 Å². The van der Waals surface area contributed by atoms with E-state index in [0.29, 0.717) is 0 Å². The van der Waals surface area contributed by atoms with Gasteiger partial charge in [0.1, 0.15) is 0 Å². The third kappa shape index (κ3) is 5.28. The van der Waals surface area contributed by atoms with Crippen molar-refractivity contribution in [1.29, 1.82) is 0 Å². The highest BCUT2D eigenvalue weighted by Gasteiger charge is 2.45. The van der Waals surface area contributed by atoms with Crippen LogP contribution in [-0.4, -0.2) is 9.13 Å². The van der Waals surface area contributed by atoms with Crippen molar-refractivity contribution in [2.24, 2.45) is 0 Å². The van der Waals surface area contributed by atoms with Crippen molar-refractivity contribution in [3.05, 3.63) is 226 Å². The molecule has 0 atom stereocenters. The Hall–Kier alpha value is -7.42. The fourth-order valence-electron chi connectivity index (χ4n) is 10.9. The maximum absolute atomic E-state index is 2.47. The molecule has 61 heavy (non-hydrogen) atoms. The van der Waals surface area contributed by atoms with E-state index in [1.807, 2.05) is 0 Å². The van der Waals surface area contributed by atoms with Gasteiger partial charge in [-0.15, -0.1) is 0 Å². The lowest BCUT2D eigenvalue weighted by molar-refractivity contribution is 0.771. The topological polar surface area (TPSA) is 9.86 Å². The van der Waals surface area contributed by atoms with Crippen molar-refractivity contribution in [3.63, 3.8) is 0 Å². The largest absolute Gasteiger partial charge is 0.341 e. The van der Waals surface area contributed by atoms with Crippen LogP contribution in [0.5, 0.6) is 0 Å². The molecular formula is C59H44N2. The molecule has 0 radical (unpaired) electrons. The number of rotatable bonds is 8. The van der Waals surface area contributed by atoms with Crippen LogP contribution in [0.15, 0.2) is 182 Å². The van der Waals surface area contributed by atoms with Crippen LogP contribution in [0, 0.1) is 0 Å². The van der Waals surface area contributed by atoms with E-state index in [0.717, 1.165) is 13.1 Å². The second-order valence-corrected chi connectivity index (χ2v) is 16.6. The first-order valence-corrected chi connectivity index (χ1v) is 21.7. The lowest BCUT2D eigenvalue weighted by Crippen LogP contribution is -2.29. The van der Waals surface area contributed by atoms with Crippen LogP contribution in [0.1, 0.15) is 58.4 Å². The second-order valence-electron chi connectivity index (χ2n) is 16.6. The number of hydrogen-bond acceptors (Lipinski definition) is 0. The number of benzene rings is 9. The van der Waals surface area contributed by atoms with Gasteiger partial charge in [-0.05, 0) is 141 Å². The summed E-state index contributed by atoms with van der Waals surface area (Å²) in [7, 11) is 0. The maximum Gasteiger partial charge on any atom is 0.0714 e. The van der Waals surface area contributed by atoms with Crippen molar-refractivity contribution in [2.45, 2.75) is 32.4 Å². The van der Waals surface area contributed by atoms with Gasteiger partial charge in [-0.25, -0.2) is 0 Å². The molecule has 12 rings (SSSR count). The molecule has 1 aliphatic rings. The molecule has 9 aromatic carbocycles. The van der Waals surface area contributed by atoms with Gasteiger partial charge in [-0.1, -0.05) is 146 Å². The molecular weight excluding hydrogens is 737 g/mol. The highest BCUT2D eigenvalue weighted by Crippen LogP contribution is 2.56. The summed E-state index contributed by atoms with van der Waals surface area (Å²) in [6.45, 7) is 6.34. The van der Waals surface area contributed by atoms with Crippen LogP contribution < -0.4 is 0 Å². The molecule has 2 aromatic heterocycles. The number of hydrogen-bond donors (Lipinski definition) is 0. The first-order valence-electron chi connectivity index (χ1n) is 21.7. The van der Waals surface area contributed by atoms with Crippen LogP contribution in [0.3, 0.4) is 0 Å². The van der Waals surface area contributed by atoms with Crippen molar-refractivity contribution < 1.29 is 0 Å². The van der Waals surface area contributed by atoms with Crippen LogP contribution in [0.25, 0.3) is 89.5 Å². The van der Waals surface area contributed by atoms with Gasteiger partial charge in [0, 0.05) is 56.7 Å². The van der Waals surface area contributed by atoms with Gasteiger partial charge in [0.05, 0.1) is 5.41 Å². The minimum atomic E-state index is -0.516. The van der Waals surface area contributed by atoms with E-state index in [1.54, 1.807) is 0 Å². The fourth-order valence-corrected chi connectivity index (χ4v) is 10.9. The van der Waals surface area contributed by atoms with Crippen molar-refractivity contribution >= 4 is 89.5 Å². The predicted octanol–water partition coefficient (Wildman–Crippen LogP) is 15.3. The zero-order valence-electron chi connectivity index (χ0n) is 34.4. The van der Waals surface area contributed by atoms with Crippen LogP contribution in [0.2, 0.25) is 0 Å².